The minimum Gasteiger partial charge on any atom is -0.389 e. The van der Waals surface area contributed by atoms with Crippen LogP contribution in [0, 0.1) is 0 Å². The van der Waals surface area contributed by atoms with Crippen molar-refractivity contribution < 1.29 is 9.84 Å². The molecule has 2 atom stereocenters. The third-order valence-corrected chi connectivity index (χ3v) is 5.64. The molecule has 144 valence electrons. The van der Waals surface area contributed by atoms with Crippen LogP contribution in [0.4, 0.5) is 0 Å². The van der Waals surface area contributed by atoms with Crippen molar-refractivity contribution in [1.82, 2.24) is 20.1 Å². The lowest BCUT2D eigenvalue weighted by Crippen LogP contribution is -2.49. The number of aliphatic hydroxyl groups is 1. The van der Waals surface area contributed by atoms with E-state index in [2.05, 4.69) is 15.4 Å². The second kappa shape index (κ2) is 7.88. The van der Waals surface area contributed by atoms with Gasteiger partial charge in [-0.3, -0.25) is 9.78 Å². The van der Waals surface area contributed by atoms with Gasteiger partial charge in [0.05, 0.1) is 36.6 Å². The van der Waals surface area contributed by atoms with Crippen LogP contribution in [0.15, 0.2) is 41.5 Å². The Kier molecular flexibility index (Phi) is 5.33. The number of nitrogens with one attached hydrogen (secondary N) is 1. The second-order valence-corrected chi connectivity index (χ2v) is 7.61. The Morgan fingerprint density at radius 1 is 1.15 bits per heavy atom. The molecule has 4 rings (SSSR count). The maximum atomic E-state index is 12.5. The number of hydrogen-bond acceptors (Lipinski definition) is 6. The van der Waals surface area contributed by atoms with E-state index in [1.165, 1.54) is 11.1 Å². The average molecular weight is 370 g/mol. The van der Waals surface area contributed by atoms with Crippen LogP contribution in [0.1, 0.15) is 38.1 Å². The van der Waals surface area contributed by atoms with Gasteiger partial charge >= 0.3 is 0 Å². The zero-order valence-electron chi connectivity index (χ0n) is 15.4. The van der Waals surface area contributed by atoms with Crippen LogP contribution in [0.25, 0.3) is 11.3 Å². The molecule has 7 heteroatoms. The summed E-state index contributed by atoms with van der Waals surface area (Å²) in [5.74, 6) is 0. The normalized spacial score (nSPS) is 24.8. The largest absolute Gasteiger partial charge is 0.389 e. The van der Waals surface area contributed by atoms with Crippen LogP contribution in [-0.4, -0.2) is 51.3 Å². The molecule has 7 nitrogen and oxygen atoms in total. The van der Waals surface area contributed by atoms with Crippen LogP contribution in [0.5, 0.6) is 0 Å². The Labute approximate surface area is 158 Å². The molecular weight excluding hydrogens is 344 g/mol. The molecule has 3 heterocycles. The third-order valence-electron chi connectivity index (χ3n) is 5.64. The zero-order chi connectivity index (χ0) is 18.7. The van der Waals surface area contributed by atoms with Crippen molar-refractivity contribution in [3.63, 3.8) is 0 Å². The Morgan fingerprint density at radius 3 is 2.70 bits per heavy atom. The summed E-state index contributed by atoms with van der Waals surface area (Å²) in [5.41, 5.74) is 0.849. The molecule has 0 spiro atoms. The van der Waals surface area contributed by atoms with E-state index < -0.39 is 5.60 Å². The van der Waals surface area contributed by atoms with Crippen LogP contribution in [-0.2, 0) is 4.74 Å². The van der Waals surface area contributed by atoms with Gasteiger partial charge in [0, 0.05) is 30.6 Å². The fourth-order valence-electron chi connectivity index (χ4n) is 4.03. The molecule has 1 saturated carbocycles. The smallest absolute Gasteiger partial charge is 0.267 e. The molecule has 1 aliphatic heterocycles. The number of aromatic nitrogens is 3. The standard InChI is InChI=1S/C20H26N4O3/c25-19-5-4-16(15-6-10-21-11-7-15)23-24(19)18-13-27-12-17(18)22-14-20(26)8-2-1-3-9-20/h4-7,10-11,17-18,22,26H,1-3,8-9,12-14H2. The monoisotopic (exact) mass is 370 g/mol. The summed E-state index contributed by atoms with van der Waals surface area (Å²) in [5, 5.41) is 18.8. The lowest BCUT2D eigenvalue weighted by atomic mass is 9.84. The predicted octanol–water partition coefficient (Wildman–Crippen LogP) is 1.53. The maximum absolute atomic E-state index is 12.5. The van der Waals surface area contributed by atoms with E-state index in [1.807, 2.05) is 12.1 Å². The molecule has 2 N–H and O–H groups in total. The van der Waals surface area contributed by atoms with Crippen molar-refractivity contribution in [3.05, 3.63) is 47.0 Å². The van der Waals surface area contributed by atoms with E-state index in [9.17, 15) is 9.90 Å². The van der Waals surface area contributed by atoms with Gasteiger partial charge in [-0.05, 0) is 31.0 Å². The van der Waals surface area contributed by atoms with Crippen LogP contribution in [0.3, 0.4) is 0 Å². The van der Waals surface area contributed by atoms with Gasteiger partial charge in [0.1, 0.15) is 0 Å². The van der Waals surface area contributed by atoms with Gasteiger partial charge in [-0.15, -0.1) is 0 Å². The molecule has 0 radical (unpaired) electrons. The number of ether oxygens (including phenoxy) is 1. The highest BCUT2D eigenvalue weighted by molar-refractivity contribution is 5.57. The highest BCUT2D eigenvalue weighted by Crippen LogP contribution is 2.28. The Bertz CT molecular complexity index is 817. The van der Waals surface area contributed by atoms with Crippen molar-refractivity contribution in [3.8, 4) is 11.3 Å². The van der Waals surface area contributed by atoms with Crippen LogP contribution >= 0.6 is 0 Å². The lowest BCUT2D eigenvalue weighted by Gasteiger charge is -2.34. The molecule has 1 aliphatic carbocycles. The van der Waals surface area contributed by atoms with Crippen molar-refractivity contribution in [1.29, 1.82) is 0 Å². The number of pyridine rings is 1. The molecule has 0 amide bonds. The molecule has 0 aromatic carbocycles. The average Bonchev–Trinajstić information content (AvgIpc) is 3.17. The first-order chi connectivity index (χ1) is 13.1. The minimum absolute atomic E-state index is 0.0474. The highest BCUT2D eigenvalue weighted by atomic mass is 16.5. The van der Waals surface area contributed by atoms with Gasteiger partial charge < -0.3 is 15.2 Å². The van der Waals surface area contributed by atoms with Crippen molar-refractivity contribution in [2.24, 2.45) is 0 Å². The molecular formula is C20H26N4O3. The van der Waals surface area contributed by atoms with E-state index in [4.69, 9.17) is 4.74 Å². The fraction of sp³-hybridized carbons (Fsp3) is 0.550. The molecule has 27 heavy (non-hydrogen) atoms. The Morgan fingerprint density at radius 2 is 1.93 bits per heavy atom. The topological polar surface area (TPSA) is 89.3 Å². The summed E-state index contributed by atoms with van der Waals surface area (Å²) >= 11 is 0. The predicted molar refractivity (Wildman–Crippen MR) is 101 cm³/mol. The van der Waals surface area contributed by atoms with Gasteiger partial charge in [-0.1, -0.05) is 19.3 Å². The summed E-state index contributed by atoms with van der Waals surface area (Å²) < 4.78 is 7.16. The molecule has 1 saturated heterocycles. The first-order valence-electron chi connectivity index (χ1n) is 9.68. The van der Waals surface area contributed by atoms with Crippen molar-refractivity contribution in [2.45, 2.75) is 49.8 Å². The second-order valence-electron chi connectivity index (χ2n) is 7.61. The molecule has 2 unspecified atom stereocenters. The molecule has 2 aliphatic rings. The molecule has 2 fully saturated rings. The highest BCUT2D eigenvalue weighted by Gasteiger charge is 2.35. The van der Waals surface area contributed by atoms with Gasteiger partial charge in [-0.25, -0.2) is 4.68 Å². The summed E-state index contributed by atoms with van der Waals surface area (Å²) in [6.45, 7) is 1.47. The maximum Gasteiger partial charge on any atom is 0.267 e. The van der Waals surface area contributed by atoms with E-state index >= 15 is 0 Å². The van der Waals surface area contributed by atoms with E-state index in [-0.39, 0.29) is 17.6 Å². The molecule has 2 aromatic rings. The van der Waals surface area contributed by atoms with Gasteiger partial charge in [0.25, 0.3) is 5.56 Å². The lowest BCUT2D eigenvalue weighted by molar-refractivity contribution is 0.00164. The summed E-state index contributed by atoms with van der Waals surface area (Å²) in [7, 11) is 0. The SMILES string of the molecule is O=c1ccc(-c2ccncc2)nn1C1COCC1NCC1(O)CCCCC1. The first kappa shape index (κ1) is 18.3. The summed E-state index contributed by atoms with van der Waals surface area (Å²) in [6.07, 6.45) is 8.40. The Balaban J connectivity index is 1.52. The number of hydrogen-bond donors (Lipinski definition) is 2. The van der Waals surface area contributed by atoms with Crippen LogP contribution < -0.4 is 10.9 Å². The number of rotatable bonds is 5. The van der Waals surface area contributed by atoms with Crippen LogP contribution in [0.2, 0.25) is 0 Å². The third kappa shape index (κ3) is 4.10. The quantitative estimate of drug-likeness (QED) is 0.830. The first-order valence-corrected chi connectivity index (χ1v) is 9.68. The molecule has 0 bridgehead atoms. The van der Waals surface area contributed by atoms with E-state index in [1.54, 1.807) is 24.5 Å². The molecule has 2 aromatic heterocycles. The van der Waals surface area contributed by atoms with Gasteiger partial charge in [0.15, 0.2) is 0 Å². The van der Waals surface area contributed by atoms with Crippen molar-refractivity contribution >= 4 is 0 Å². The van der Waals surface area contributed by atoms with E-state index in [0.717, 1.165) is 36.9 Å². The summed E-state index contributed by atoms with van der Waals surface area (Å²) in [4.78, 5) is 16.5. The zero-order valence-corrected chi connectivity index (χ0v) is 15.4. The summed E-state index contributed by atoms with van der Waals surface area (Å²) in [6, 6.07) is 6.79. The van der Waals surface area contributed by atoms with Crippen molar-refractivity contribution in [2.75, 3.05) is 19.8 Å². The minimum atomic E-state index is -0.650. The Hall–Kier alpha value is -2.09. The van der Waals surface area contributed by atoms with Gasteiger partial charge in [-0.2, -0.15) is 5.10 Å². The number of nitrogens with zero attached hydrogens (tertiary/aromatic N) is 3. The fourth-order valence-corrected chi connectivity index (χ4v) is 4.03. The van der Waals surface area contributed by atoms with Gasteiger partial charge in [0.2, 0.25) is 0 Å². The van der Waals surface area contributed by atoms with E-state index in [0.29, 0.717) is 19.8 Å².